The number of pyridine rings is 1. The summed E-state index contributed by atoms with van der Waals surface area (Å²) >= 11 is 6.38. The highest BCUT2D eigenvalue weighted by molar-refractivity contribution is 6.32. The minimum absolute atomic E-state index is 0.0890. The molecule has 3 N–H and O–H groups in total. The van der Waals surface area contributed by atoms with Crippen molar-refractivity contribution >= 4 is 28.9 Å². The van der Waals surface area contributed by atoms with E-state index in [4.69, 9.17) is 21.1 Å². The minimum atomic E-state index is -0.0890. The number of H-pyrrole nitrogens is 1. The number of anilines is 2. The minimum Gasteiger partial charge on any atom is -0.493 e. The largest absolute Gasteiger partial charge is 0.493 e. The number of amides is 1. The van der Waals surface area contributed by atoms with Gasteiger partial charge in [-0.15, -0.1) is 0 Å². The molecule has 8 nitrogen and oxygen atoms in total. The van der Waals surface area contributed by atoms with Crippen molar-refractivity contribution in [2.24, 2.45) is 0 Å². The van der Waals surface area contributed by atoms with Gasteiger partial charge in [-0.25, -0.2) is 0 Å². The number of aromatic nitrogens is 2. The molecule has 4 heterocycles. The Balaban J connectivity index is 1.43. The average molecular weight is 494 g/mol. The highest BCUT2D eigenvalue weighted by Gasteiger charge is 2.48. The molecule has 2 aromatic heterocycles. The Labute approximate surface area is 209 Å². The van der Waals surface area contributed by atoms with E-state index in [1.807, 2.05) is 18.2 Å². The Kier molecular flexibility index (Phi) is 5.57. The van der Waals surface area contributed by atoms with Gasteiger partial charge < -0.3 is 30.0 Å². The van der Waals surface area contributed by atoms with Gasteiger partial charge in [0.1, 0.15) is 12.4 Å². The molecule has 1 aliphatic carbocycles. The highest BCUT2D eigenvalue weighted by atomic mass is 35.5. The summed E-state index contributed by atoms with van der Waals surface area (Å²) in [6.45, 7) is 1.68. The van der Waals surface area contributed by atoms with Crippen molar-refractivity contribution in [2.75, 3.05) is 32.6 Å². The van der Waals surface area contributed by atoms with E-state index in [9.17, 15) is 4.79 Å². The zero-order chi connectivity index (χ0) is 24.1. The first-order chi connectivity index (χ1) is 17.0. The Morgan fingerprint density at radius 1 is 1.31 bits per heavy atom. The second kappa shape index (κ2) is 8.77. The summed E-state index contributed by atoms with van der Waals surface area (Å²) in [4.78, 5) is 23.4. The Bertz CT molecular complexity index is 1290. The molecule has 0 bridgehead atoms. The normalized spacial score (nSPS) is 22.8. The molecule has 3 aliphatic rings. The molecule has 1 unspecified atom stereocenters. The maximum atomic E-state index is 13.1. The molecule has 35 heavy (non-hydrogen) atoms. The zero-order valence-electron chi connectivity index (χ0n) is 19.7. The highest BCUT2D eigenvalue weighted by Crippen LogP contribution is 2.51. The van der Waals surface area contributed by atoms with Crippen LogP contribution >= 0.6 is 11.6 Å². The van der Waals surface area contributed by atoms with Crippen LogP contribution in [0, 0.1) is 0 Å². The maximum Gasteiger partial charge on any atom is 0.255 e. The summed E-state index contributed by atoms with van der Waals surface area (Å²) in [6, 6.07) is 8.01. The van der Waals surface area contributed by atoms with Crippen molar-refractivity contribution in [3.8, 4) is 22.8 Å². The van der Waals surface area contributed by atoms with Gasteiger partial charge in [0.15, 0.2) is 5.75 Å². The van der Waals surface area contributed by atoms with Crippen molar-refractivity contribution in [2.45, 2.75) is 37.3 Å². The Hall–Kier alpha value is -3.23. The van der Waals surface area contributed by atoms with Crippen molar-refractivity contribution < 1.29 is 14.3 Å². The number of hydrogen-bond acceptors (Lipinski definition) is 6. The summed E-state index contributed by atoms with van der Waals surface area (Å²) in [5.74, 6) is 1.40. The van der Waals surface area contributed by atoms with Crippen LogP contribution in [0.1, 0.15) is 41.2 Å². The number of carbonyl (C=O) groups excluding carboxylic acids is 1. The van der Waals surface area contributed by atoms with Crippen LogP contribution in [0.2, 0.25) is 5.02 Å². The lowest BCUT2D eigenvalue weighted by molar-refractivity contribution is 0.0944. The molecule has 3 aromatic rings. The fraction of sp³-hybridized carbons (Fsp3) is 0.385. The fourth-order valence-corrected chi connectivity index (χ4v) is 5.55. The van der Waals surface area contributed by atoms with Crippen LogP contribution < -0.4 is 20.1 Å². The quantitative estimate of drug-likeness (QED) is 0.447. The zero-order valence-corrected chi connectivity index (χ0v) is 20.5. The first-order valence-corrected chi connectivity index (χ1v) is 12.4. The van der Waals surface area contributed by atoms with Crippen molar-refractivity contribution in [1.29, 1.82) is 0 Å². The molecule has 3 atom stereocenters. The Morgan fingerprint density at radius 3 is 3.00 bits per heavy atom. The predicted octanol–water partition coefficient (Wildman–Crippen LogP) is 4.55. The van der Waals surface area contributed by atoms with Gasteiger partial charge in [0.25, 0.3) is 5.91 Å². The summed E-state index contributed by atoms with van der Waals surface area (Å²) in [5, 5.41) is 7.06. The first kappa shape index (κ1) is 22.2. The number of aromatic amines is 1. The number of halogens is 1. The lowest BCUT2D eigenvalue weighted by Gasteiger charge is -2.21. The molecule has 182 valence electrons. The summed E-state index contributed by atoms with van der Waals surface area (Å²) in [6.07, 6.45) is 6.72. The predicted molar refractivity (Wildman–Crippen MR) is 135 cm³/mol. The number of para-hydroxylation sites is 1. The Morgan fingerprint density at radius 2 is 2.20 bits per heavy atom. The van der Waals surface area contributed by atoms with Gasteiger partial charge in [-0.05, 0) is 51.1 Å². The number of benzene rings is 1. The van der Waals surface area contributed by atoms with Gasteiger partial charge in [-0.1, -0.05) is 17.7 Å². The van der Waals surface area contributed by atoms with E-state index in [2.05, 4.69) is 32.5 Å². The molecule has 1 amide bonds. The van der Waals surface area contributed by atoms with E-state index in [0.717, 1.165) is 36.3 Å². The number of likely N-dealkylation sites (N-methyl/N-ethyl adjacent to an activating group) is 1. The van der Waals surface area contributed by atoms with Crippen LogP contribution in [0.4, 0.5) is 11.4 Å². The van der Waals surface area contributed by atoms with Gasteiger partial charge in [0.05, 0.1) is 41.0 Å². The smallest absolute Gasteiger partial charge is 0.255 e. The van der Waals surface area contributed by atoms with Crippen LogP contribution in [0.5, 0.6) is 11.5 Å². The number of carbonyl (C=O) groups is 1. The molecule has 9 heteroatoms. The summed E-state index contributed by atoms with van der Waals surface area (Å²) in [5.41, 5.74) is 4.57. The van der Waals surface area contributed by atoms with Crippen LogP contribution in [0.3, 0.4) is 0 Å². The molecular weight excluding hydrogens is 466 g/mol. The molecule has 1 aromatic carbocycles. The van der Waals surface area contributed by atoms with E-state index in [0.29, 0.717) is 46.1 Å². The van der Waals surface area contributed by atoms with E-state index >= 15 is 0 Å². The lowest BCUT2D eigenvalue weighted by atomic mass is 10.0. The number of rotatable bonds is 7. The molecule has 1 saturated carbocycles. The third kappa shape index (κ3) is 3.90. The monoisotopic (exact) mass is 493 g/mol. The maximum absolute atomic E-state index is 13.1. The number of ether oxygens (including phenoxy) is 2. The molecular formula is C26H28ClN5O3. The number of nitrogens with zero attached hydrogens (tertiary/aromatic N) is 2. The van der Waals surface area contributed by atoms with Gasteiger partial charge in [-0.3, -0.25) is 9.78 Å². The third-order valence-electron chi connectivity index (χ3n) is 7.32. The van der Waals surface area contributed by atoms with Crippen molar-refractivity contribution in [3.63, 3.8) is 0 Å². The van der Waals surface area contributed by atoms with Crippen molar-refractivity contribution in [3.05, 3.63) is 52.9 Å². The number of methoxy groups -OCH3 is 1. The van der Waals surface area contributed by atoms with E-state index in [1.165, 1.54) is 6.42 Å². The SMILES string of the molecule is COc1c(Cl)cccc1Nc1c(-c2ccncc2OC[C@@H]2CCCN2C)[nH]c2c1C(=O)NC1C[C@H]21. The summed E-state index contributed by atoms with van der Waals surface area (Å²) < 4.78 is 11.9. The molecule has 2 fully saturated rings. The standard InChI is InChI=1S/C26H28ClN5O3/c1-32-10-4-5-14(32)13-35-20-12-28-9-8-15(20)23-24(29-18-7-3-6-17(27)25(18)34-2)21-22(31-23)16-11-19(16)30-26(21)33/h3,6-9,12,14,16,19,29,31H,4-5,10-11,13H2,1-2H3,(H,30,33)/t14-,16-,19?/m0/s1. The van der Waals surface area contributed by atoms with Crippen molar-refractivity contribution in [1.82, 2.24) is 20.2 Å². The van der Waals surface area contributed by atoms with E-state index in [1.54, 1.807) is 25.6 Å². The molecule has 0 spiro atoms. The number of likely N-dealkylation sites (tertiary alicyclic amines) is 1. The first-order valence-electron chi connectivity index (χ1n) is 12.0. The van der Waals surface area contributed by atoms with Crippen LogP contribution in [-0.4, -0.2) is 60.2 Å². The second-order valence-electron chi connectivity index (χ2n) is 9.49. The van der Waals surface area contributed by atoms with Gasteiger partial charge in [0.2, 0.25) is 0 Å². The molecule has 6 rings (SSSR count). The fourth-order valence-electron chi connectivity index (χ4n) is 5.30. The second-order valence-corrected chi connectivity index (χ2v) is 9.90. The van der Waals surface area contributed by atoms with E-state index in [-0.39, 0.29) is 17.9 Å². The topological polar surface area (TPSA) is 91.5 Å². The molecule has 0 radical (unpaired) electrons. The van der Waals surface area contributed by atoms with Crippen LogP contribution in [0.15, 0.2) is 36.7 Å². The molecule has 1 saturated heterocycles. The number of nitrogens with one attached hydrogen (secondary N) is 3. The van der Waals surface area contributed by atoms with Gasteiger partial charge in [0, 0.05) is 35.5 Å². The summed E-state index contributed by atoms with van der Waals surface area (Å²) in [7, 11) is 3.71. The average Bonchev–Trinajstić information content (AvgIpc) is 3.35. The van der Waals surface area contributed by atoms with E-state index < -0.39 is 0 Å². The van der Waals surface area contributed by atoms with Gasteiger partial charge >= 0.3 is 0 Å². The number of fused-ring (bicyclic) bond motifs is 3. The third-order valence-corrected chi connectivity index (χ3v) is 7.62. The lowest BCUT2D eigenvalue weighted by Crippen LogP contribution is -2.31. The van der Waals surface area contributed by atoms with Crippen LogP contribution in [0.25, 0.3) is 11.3 Å². The number of hydrogen-bond donors (Lipinski definition) is 3. The molecule has 2 aliphatic heterocycles. The van der Waals surface area contributed by atoms with Gasteiger partial charge in [-0.2, -0.15) is 0 Å². The van der Waals surface area contributed by atoms with Crippen LogP contribution in [-0.2, 0) is 0 Å².